The molecule has 4 nitrogen and oxygen atoms in total. The highest BCUT2D eigenvalue weighted by Crippen LogP contribution is 2.27. The zero-order valence-electron chi connectivity index (χ0n) is 15.4. The Kier molecular flexibility index (Phi) is 5.15. The van der Waals surface area contributed by atoms with E-state index >= 15 is 0 Å². The number of carbonyl (C=O) groups excluding carboxylic acids is 1. The number of nitrogens with zero attached hydrogens (tertiary/aromatic N) is 2. The minimum Gasteiger partial charge on any atom is -0.319 e. The summed E-state index contributed by atoms with van der Waals surface area (Å²) in [7, 11) is 0. The lowest BCUT2D eigenvalue weighted by Crippen LogP contribution is -2.11. The van der Waals surface area contributed by atoms with Crippen LogP contribution in [-0.2, 0) is 0 Å². The Morgan fingerprint density at radius 3 is 2.43 bits per heavy atom. The molecule has 0 radical (unpaired) electrons. The zero-order valence-corrected chi connectivity index (χ0v) is 17.8. The second-order valence-electron chi connectivity index (χ2n) is 6.50. The number of hydrogen-bond donors (Lipinski definition) is 1. The molecule has 0 bridgehead atoms. The fourth-order valence-corrected chi connectivity index (χ4v) is 4.23. The van der Waals surface area contributed by atoms with Crippen molar-refractivity contribution in [1.29, 1.82) is 0 Å². The number of rotatable bonds is 4. The summed E-state index contributed by atoms with van der Waals surface area (Å²) in [6, 6.07) is 19.7. The predicted molar refractivity (Wildman–Crippen MR) is 118 cm³/mol. The molecule has 0 unspecified atom stereocenters. The van der Waals surface area contributed by atoms with E-state index in [4.69, 9.17) is 0 Å². The number of hydrogen-bond acceptors (Lipinski definition) is 3. The van der Waals surface area contributed by atoms with Gasteiger partial charge in [0.25, 0.3) is 5.91 Å². The first-order valence-electron chi connectivity index (χ1n) is 8.79. The second-order valence-corrected chi connectivity index (χ2v) is 8.27. The minimum atomic E-state index is -0.164. The molecule has 0 spiro atoms. The fourth-order valence-electron chi connectivity index (χ4n) is 3.12. The zero-order chi connectivity index (χ0) is 19.7. The normalized spacial score (nSPS) is 10.8. The van der Waals surface area contributed by atoms with Crippen molar-refractivity contribution in [1.82, 2.24) is 9.55 Å². The van der Waals surface area contributed by atoms with Gasteiger partial charge in [0.15, 0.2) is 5.13 Å². The summed E-state index contributed by atoms with van der Waals surface area (Å²) in [5, 5.41) is 5.42. The van der Waals surface area contributed by atoms with E-state index in [0.29, 0.717) is 10.7 Å². The van der Waals surface area contributed by atoms with Gasteiger partial charge in [0.1, 0.15) is 0 Å². The highest BCUT2D eigenvalue weighted by Gasteiger charge is 2.11. The van der Waals surface area contributed by atoms with E-state index in [2.05, 4.69) is 56.8 Å². The Morgan fingerprint density at radius 1 is 1.04 bits per heavy atom. The van der Waals surface area contributed by atoms with Gasteiger partial charge in [0, 0.05) is 38.1 Å². The van der Waals surface area contributed by atoms with Crippen molar-refractivity contribution in [3.8, 4) is 16.9 Å². The van der Waals surface area contributed by atoms with E-state index in [0.717, 1.165) is 32.8 Å². The first-order valence-corrected chi connectivity index (χ1v) is 10.5. The van der Waals surface area contributed by atoms with E-state index in [1.54, 1.807) is 0 Å². The molecular weight excluding hydrogens is 434 g/mol. The molecule has 0 atom stereocenters. The maximum Gasteiger partial charge on any atom is 0.257 e. The van der Waals surface area contributed by atoms with E-state index in [1.807, 2.05) is 53.9 Å². The van der Waals surface area contributed by atoms with Gasteiger partial charge in [-0.25, -0.2) is 4.98 Å². The van der Waals surface area contributed by atoms with E-state index in [1.165, 1.54) is 11.3 Å². The van der Waals surface area contributed by atoms with Crippen molar-refractivity contribution in [2.45, 2.75) is 13.8 Å². The predicted octanol–water partition coefficient (Wildman–Crippen LogP) is 6.23. The van der Waals surface area contributed by atoms with Crippen LogP contribution in [0.4, 0.5) is 5.13 Å². The number of aryl methyl sites for hydroxylation is 2. The number of thiazole rings is 1. The van der Waals surface area contributed by atoms with Crippen molar-refractivity contribution in [2.24, 2.45) is 0 Å². The van der Waals surface area contributed by atoms with E-state index < -0.39 is 0 Å². The number of amides is 1. The molecule has 6 heteroatoms. The van der Waals surface area contributed by atoms with Crippen LogP contribution in [0.3, 0.4) is 0 Å². The number of anilines is 1. The van der Waals surface area contributed by atoms with Crippen LogP contribution in [0.25, 0.3) is 16.9 Å². The molecule has 2 heterocycles. The standard InChI is InChI=1S/C22H18BrN3OS/c1-14-6-7-15(2)26(14)19-10-8-16(9-11-19)21(27)25-22-24-20(13-28-22)17-4-3-5-18(23)12-17/h3-13H,1-2H3,(H,24,25,27). The number of carbonyl (C=O) groups is 1. The van der Waals surface area contributed by atoms with Gasteiger partial charge in [0.05, 0.1) is 5.69 Å². The molecule has 0 aliphatic heterocycles. The summed E-state index contributed by atoms with van der Waals surface area (Å²) >= 11 is 4.89. The smallest absolute Gasteiger partial charge is 0.257 e. The third kappa shape index (κ3) is 3.79. The van der Waals surface area contributed by atoms with Crippen LogP contribution in [0.2, 0.25) is 0 Å². The van der Waals surface area contributed by atoms with Crippen molar-refractivity contribution >= 4 is 38.3 Å². The molecule has 2 aromatic heterocycles. The van der Waals surface area contributed by atoms with Crippen LogP contribution >= 0.6 is 27.3 Å². The number of nitrogens with one attached hydrogen (secondary N) is 1. The molecule has 140 valence electrons. The maximum atomic E-state index is 12.6. The molecule has 0 saturated heterocycles. The fraction of sp³-hybridized carbons (Fsp3) is 0.0909. The summed E-state index contributed by atoms with van der Waals surface area (Å²) in [6.07, 6.45) is 0. The highest BCUT2D eigenvalue weighted by atomic mass is 79.9. The van der Waals surface area contributed by atoms with Crippen LogP contribution in [0.1, 0.15) is 21.7 Å². The Labute approximate surface area is 176 Å². The van der Waals surface area contributed by atoms with Gasteiger partial charge >= 0.3 is 0 Å². The summed E-state index contributed by atoms with van der Waals surface area (Å²) in [5.74, 6) is -0.164. The molecule has 1 N–H and O–H groups in total. The molecule has 4 aromatic rings. The molecule has 2 aromatic carbocycles. The Bertz CT molecular complexity index is 1130. The van der Waals surface area contributed by atoms with Crippen LogP contribution in [0, 0.1) is 13.8 Å². The Hall–Kier alpha value is -2.70. The van der Waals surface area contributed by atoms with E-state index in [-0.39, 0.29) is 5.91 Å². The van der Waals surface area contributed by atoms with E-state index in [9.17, 15) is 4.79 Å². The third-order valence-electron chi connectivity index (χ3n) is 4.50. The first kappa shape index (κ1) is 18.7. The van der Waals surface area contributed by atoms with Gasteiger partial charge in [-0.3, -0.25) is 10.1 Å². The lowest BCUT2D eigenvalue weighted by atomic mass is 10.2. The van der Waals surface area contributed by atoms with Gasteiger partial charge < -0.3 is 4.57 Å². The topological polar surface area (TPSA) is 46.9 Å². The van der Waals surface area contributed by atoms with Gasteiger partial charge in [-0.05, 0) is 62.4 Å². The molecule has 0 aliphatic carbocycles. The first-order chi connectivity index (χ1) is 13.5. The molecule has 0 fully saturated rings. The van der Waals surface area contributed by atoms with Crippen LogP contribution < -0.4 is 5.32 Å². The van der Waals surface area contributed by atoms with Crippen LogP contribution in [-0.4, -0.2) is 15.5 Å². The molecule has 4 rings (SSSR count). The number of aromatic nitrogens is 2. The van der Waals surface area contributed by atoms with Gasteiger partial charge in [-0.1, -0.05) is 28.1 Å². The lowest BCUT2D eigenvalue weighted by molar-refractivity contribution is 0.102. The Morgan fingerprint density at radius 2 is 1.75 bits per heavy atom. The molecular formula is C22H18BrN3OS. The van der Waals surface area contributed by atoms with Gasteiger partial charge in [0.2, 0.25) is 0 Å². The molecule has 1 amide bonds. The summed E-state index contributed by atoms with van der Waals surface area (Å²) in [5.41, 5.74) is 5.83. The molecule has 0 aliphatic rings. The maximum absolute atomic E-state index is 12.6. The summed E-state index contributed by atoms with van der Waals surface area (Å²) in [4.78, 5) is 17.1. The number of benzene rings is 2. The quantitative estimate of drug-likeness (QED) is 0.399. The second kappa shape index (κ2) is 7.73. The van der Waals surface area contributed by atoms with Gasteiger partial charge in [-0.15, -0.1) is 11.3 Å². The monoisotopic (exact) mass is 451 g/mol. The van der Waals surface area contributed by atoms with Crippen molar-refractivity contribution < 1.29 is 4.79 Å². The summed E-state index contributed by atoms with van der Waals surface area (Å²) < 4.78 is 3.16. The molecule has 0 saturated carbocycles. The Balaban J connectivity index is 1.50. The van der Waals surface area contributed by atoms with Crippen molar-refractivity contribution in [2.75, 3.05) is 5.32 Å². The lowest BCUT2D eigenvalue weighted by Gasteiger charge is -2.10. The van der Waals surface area contributed by atoms with Crippen LogP contribution in [0.5, 0.6) is 0 Å². The van der Waals surface area contributed by atoms with Crippen molar-refractivity contribution in [3.05, 3.63) is 87.5 Å². The highest BCUT2D eigenvalue weighted by molar-refractivity contribution is 9.10. The SMILES string of the molecule is Cc1ccc(C)n1-c1ccc(C(=O)Nc2nc(-c3cccc(Br)c3)cs2)cc1. The molecule has 28 heavy (non-hydrogen) atoms. The van der Waals surface area contributed by atoms with Crippen LogP contribution in [0.15, 0.2) is 70.5 Å². The number of halogens is 1. The average molecular weight is 452 g/mol. The summed E-state index contributed by atoms with van der Waals surface area (Å²) in [6.45, 7) is 4.14. The van der Waals surface area contributed by atoms with Crippen molar-refractivity contribution in [3.63, 3.8) is 0 Å². The largest absolute Gasteiger partial charge is 0.319 e. The third-order valence-corrected chi connectivity index (χ3v) is 5.75. The average Bonchev–Trinajstić information content (AvgIpc) is 3.28. The van der Waals surface area contributed by atoms with Gasteiger partial charge in [-0.2, -0.15) is 0 Å². The minimum absolute atomic E-state index is 0.164.